The quantitative estimate of drug-likeness (QED) is 0.557. The van der Waals surface area contributed by atoms with Gasteiger partial charge in [-0.1, -0.05) is 13.8 Å². The summed E-state index contributed by atoms with van der Waals surface area (Å²) in [5.74, 6) is -0.0787. The third kappa shape index (κ3) is 1.24. The first-order valence-electron chi connectivity index (χ1n) is 6.14. The lowest BCUT2D eigenvalue weighted by atomic mass is 9.67. The molecule has 0 aromatic heterocycles. The largest absolute Gasteiger partial charge is 0.468 e. The number of fused-ring (bicyclic) bond motifs is 1. The lowest BCUT2D eigenvalue weighted by Gasteiger charge is -2.35. The molecule has 2 fully saturated rings. The van der Waals surface area contributed by atoms with Crippen LogP contribution < -0.4 is 0 Å². The van der Waals surface area contributed by atoms with E-state index >= 15 is 0 Å². The third-order valence-electron chi connectivity index (χ3n) is 4.91. The van der Waals surface area contributed by atoms with Crippen LogP contribution in [0.3, 0.4) is 0 Å². The van der Waals surface area contributed by atoms with Crippen molar-refractivity contribution < 1.29 is 19.1 Å². The van der Waals surface area contributed by atoms with E-state index in [-0.39, 0.29) is 11.3 Å². The van der Waals surface area contributed by atoms with E-state index in [1.54, 1.807) is 0 Å². The Bertz CT molecular complexity index is 340. The van der Waals surface area contributed by atoms with E-state index in [9.17, 15) is 9.59 Å². The highest BCUT2D eigenvalue weighted by molar-refractivity contribution is 6.02. The average Bonchev–Trinajstić information content (AvgIpc) is 2.98. The summed E-state index contributed by atoms with van der Waals surface area (Å²) < 4.78 is 9.79. The lowest BCUT2D eigenvalue weighted by molar-refractivity contribution is -0.176. The zero-order chi connectivity index (χ0) is 12.8. The maximum atomic E-state index is 12.2. The van der Waals surface area contributed by atoms with Crippen LogP contribution in [0.4, 0.5) is 0 Å². The molecule has 0 saturated heterocycles. The van der Waals surface area contributed by atoms with E-state index in [4.69, 9.17) is 9.47 Å². The van der Waals surface area contributed by atoms with Crippen molar-refractivity contribution in [2.75, 3.05) is 14.2 Å². The molecule has 0 aromatic rings. The van der Waals surface area contributed by atoms with Gasteiger partial charge in [0.1, 0.15) is 0 Å². The van der Waals surface area contributed by atoms with Gasteiger partial charge in [-0.2, -0.15) is 0 Å². The molecule has 0 bridgehead atoms. The Morgan fingerprint density at radius 1 is 1.18 bits per heavy atom. The van der Waals surface area contributed by atoms with Crippen LogP contribution >= 0.6 is 0 Å². The van der Waals surface area contributed by atoms with Crippen molar-refractivity contribution in [2.24, 2.45) is 22.7 Å². The van der Waals surface area contributed by atoms with Crippen LogP contribution in [0.25, 0.3) is 0 Å². The van der Waals surface area contributed by atoms with Gasteiger partial charge in [0.05, 0.1) is 14.2 Å². The first kappa shape index (κ1) is 12.4. The maximum absolute atomic E-state index is 12.2. The smallest absolute Gasteiger partial charge is 0.323 e. The highest BCUT2D eigenvalue weighted by Gasteiger charge is 2.78. The van der Waals surface area contributed by atoms with Gasteiger partial charge in [0.2, 0.25) is 0 Å². The molecule has 4 heteroatoms. The van der Waals surface area contributed by atoms with Gasteiger partial charge in [-0.3, -0.25) is 9.59 Å². The van der Waals surface area contributed by atoms with Crippen LogP contribution in [0.2, 0.25) is 0 Å². The van der Waals surface area contributed by atoms with Gasteiger partial charge in [0.25, 0.3) is 0 Å². The van der Waals surface area contributed by atoms with Crippen LogP contribution in [0.5, 0.6) is 0 Å². The summed E-state index contributed by atoms with van der Waals surface area (Å²) >= 11 is 0. The zero-order valence-electron chi connectivity index (χ0n) is 10.9. The number of carbonyl (C=O) groups is 2. The van der Waals surface area contributed by atoms with Crippen molar-refractivity contribution in [2.45, 2.75) is 33.1 Å². The molecular formula is C13H20O4. The van der Waals surface area contributed by atoms with Crippen LogP contribution in [0.1, 0.15) is 33.1 Å². The van der Waals surface area contributed by atoms with Gasteiger partial charge in [-0.05, 0) is 31.1 Å². The molecule has 2 saturated carbocycles. The number of carbonyl (C=O) groups excluding carboxylic acids is 2. The number of hydrogen-bond acceptors (Lipinski definition) is 4. The van der Waals surface area contributed by atoms with Crippen molar-refractivity contribution >= 4 is 11.9 Å². The molecule has 0 N–H and O–H groups in total. The molecule has 0 amide bonds. The summed E-state index contributed by atoms with van der Waals surface area (Å²) in [5, 5.41) is 0. The SMILES string of the molecule is COC(=O)C1(C(=O)OC)CCC2CC21C(C)C. The number of ether oxygens (including phenoxy) is 2. The summed E-state index contributed by atoms with van der Waals surface area (Å²) in [6.07, 6.45) is 2.42. The summed E-state index contributed by atoms with van der Waals surface area (Å²) in [7, 11) is 2.69. The monoisotopic (exact) mass is 240 g/mol. The van der Waals surface area contributed by atoms with Gasteiger partial charge in [0, 0.05) is 5.41 Å². The molecule has 4 nitrogen and oxygen atoms in total. The Morgan fingerprint density at radius 2 is 1.71 bits per heavy atom. The minimum atomic E-state index is -1.06. The maximum Gasteiger partial charge on any atom is 0.323 e. The Hall–Kier alpha value is -1.06. The predicted octanol–water partition coefficient (Wildman–Crippen LogP) is 1.77. The van der Waals surface area contributed by atoms with Crippen LogP contribution in [-0.2, 0) is 19.1 Å². The van der Waals surface area contributed by atoms with E-state index in [2.05, 4.69) is 13.8 Å². The fraction of sp³-hybridized carbons (Fsp3) is 0.846. The highest BCUT2D eigenvalue weighted by Crippen LogP contribution is 2.76. The summed E-state index contributed by atoms with van der Waals surface area (Å²) in [4.78, 5) is 24.3. The Kier molecular flexibility index (Phi) is 2.71. The molecule has 2 atom stereocenters. The first-order chi connectivity index (χ1) is 7.97. The topological polar surface area (TPSA) is 52.6 Å². The molecule has 17 heavy (non-hydrogen) atoms. The van der Waals surface area contributed by atoms with Crippen molar-refractivity contribution in [3.05, 3.63) is 0 Å². The standard InChI is InChI=1S/C13H20O4/c1-8(2)13-7-9(13)5-6-12(13,10(14)16-3)11(15)17-4/h8-9H,5-7H2,1-4H3. The third-order valence-corrected chi connectivity index (χ3v) is 4.91. The lowest BCUT2D eigenvalue weighted by Crippen LogP contribution is -2.48. The van der Waals surface area contributed by atoms with Crippen LogP contribution in [0.15, 0.2) is 0 Å². The fourth-order valence-corrected chi connectivity index (χ4v) is 4.07. The van der Waals surface area contributed by atoms with Gasteiger partial charge in [-0.25, -0.2) is 0 Å². The molecule has 0 heterocycles. The second-order valence-electron chi connectivity index (χ2n) is 5.52. The molecular weight excluding hydrogens is 220 g/mol. The van der Waals surface area contributed by atoms with Gasteiger partial charge in [-0.15, -0.1) is 0 Å². The van der Waals surface area contributed by atoms with Crippen molar-refractivity contribution in [1.82, 2.24) is 0 Å². The van der Waals surface area contributed by atoms with E-state index in [1.165, 1.54) is 14.2 Å². The molecule has 96 valence electrons. The average molecular weight is 240 g/mol. The molecule has 0 aliphatic heterocycles. The number of hydrogen-bond donors (Lipinski definition) is 0. The van der Waals surface area contributed by atoms with E-state index < -0.39 is 17.4 Å². The number of esters is 2. The van der Waals surface area contributed by atoms with E-state index in [0.717, 1.165) is 12.8 Å². The Morgan fingerprint density at radius 3 is 2.06 bits per heavy atom. The van der Waals surface area contributed by atoms with Gasteiger partial charge in [0.15, 0.2) is 5.41 Å². The van der Waals surface area contributed by atoms with E-state index in [1.807, 2.05) is 0 Å². The Balaban J connectivity index is 2.48. The number of methoxy groups -OCH3 is 2. The molecule has 2 unspecified atom stereocenters. The van der Waals surface area contributed by atoms with Crippen molar-refractivity contribution in [3.8, 4) is 0 Å². The summed E-state index contributed by atoms with van der Waals surface area (Å²) in [6.45, 7) is 4.15. The molecule has 0 radical (unpaired) electrons. The van der Waals surface area contributed by atoms with Gasteiger partial charge >= 0.3 is 11.9 Å². The minimum absolute atomic E-state index is 0.229. The molecule has 0 aromatic carbocycles. The minimum Gasteiger partial charge on any atom is -0.468 e. The normalized spacial score (nSPS) is 33.1. The second-order valence-corrected chi connectivity index (χ2v) is 5.52. The molecule has 2 aliphatic rings. The van der Waals surface area contributed by atoms with Gasteiger partial charge < -0.3 is 9.47 Å². The fourth-order valence-electron chi connectivity index (χ4n) is 4.07. The summed E-state index contributed by atoms with van der Waals surface area (Å²) in [5.41, 5.74) is -1.29. The molecule has 2 rings (SSSR count). The van der Waals surface area contributed by atoms with E-state index in [0.29, 0.717) is 12.3 Å². The zero-order valence-corrected chi connectivity index (χ0v) is 10.9. The summed E-state index contributed by atoms with van der Waals surface area (Å²) in [6, 6.07) is 0. The Labute approximate surface area is 102 Å². The van der Waals surface area contributed by atoms with Crippen molar-refractivity contribution in [1.29, 1.82) is 0 Å². The number of rotatable bonds is 3. The van der Waals surface area contributed by atoms with Crippen LogP contribution in [-0.4, -0.2) is 26.2 Å². The first-order valence-corrected chi connectivity index (χ1v) is 6.14. The van der Waals surface area contributed by atoms with Crippen molar-refractivity contribution in [3.63, 3.8) is 0 Å². The highest BCUT2D eigenvalue weighted by atomic mass is 16.5. The second kappa shape index (κ2) is 3.72. The van der Waals surface area contributed by atoms with Crippen LogP contribution in [0, 0.1) is 22.7 Å². The molecule has 2 aliphatic carbocycles. The predicted molar refractivity (Wildman–Crippen MR) is 61.1 cm³/mol. The molecule has 0 spiro atoms.